The van der Waals surface area contributed by atoms with Crippen LogP contribution in [-0.2, 0) is 4.74 Å². The first-order valence-corrected chi connectivity index (χ1v) is 9.40. The van der Waals surface area contributed by atoms with Gasteiger partial charge in [0.15, 0.2) is 5.76 Å². The molecule has 29 heavy (non-hydrogen) atoms. The number of carbonyl (C=O) groups excluding carboxylic acids is 1. The van der Waals surface area contributed by atoms with Gasteiger partial charge < -0.3 is 9.26 Å². The first kappa shape index (κ1) is 19.4. The number of esters is 1. The normalized spacial score (nSPS) is 16.0. The molecule has 0 saturated heterocycles. The van der Waals surface area contributed by atoms with E-state index in [-0.39, 0.29) is 33.0 Å². The highest BCUT2D eigenvalue weighted by atomic mass is 35.5. The van der Waals surface area contributed by atoms with Crippen molar-refractivity contribution >= 4 is 34.9 Å². The number of allylic oxidation sites excluding steroid dienone is 4. The van der Waals surface area contributed by atoms with Crippen molar-refractivity contribution in [1.29, 1.82) is 0 Å². The van der Waals surface area contributed by atoms with Gasteiger partial charge >= 0.3 is 5.97 Å². The lowest BCUT2D eigenvalue weighted by Gasteiger charge is -2.12. The fraction of sp³-hybridized carbons (Fsp3) is 0.150. The summed E-state index contributed by atoms with van der Waals surface area (Å²) in [6.07, 6.45) is 9.41. The number of hydrogen-bond donors (Lipinski definition) is 0. The molecule has 0 bridgehead atoms. The zero-order valence-corrected chi connectivity index (χ0v) is 16.6. The van der Waals surface area contributed by atoms with Crippen molar-refractivity contribution in [2.24, 2.45) is 0 Å². The molecule has 3 aromatic rings. The number of aromatic nitrogens is 3. The molecule has 4 rings (SSSR count). The zero-order chi connectivity index (χ0) is 20.5. The van der Waals surface area contributed by atoms with Crippen molar-refractivity contribution < 1.29 is 18.4 Å². The van der Waals surface area contributed by atoms with E-state index < -0.39 is 11.8 Å². The third-order valence-electron chi connectivity index (χ3n) is 4.43. The van der Waals surface area contributed by atoms with Crippen LogP contribution in [0.15, 0.2) is 53.3 Å². The van der Waals surface area contributed by atoms with E-state index in [1.165, 1.54) is 31.5 Å². The maximum Gasteiger partial charge on any atom is 0.344 e. The van der Waals surface area contributed by atoms with Crippen molar-refractivity contribution in [2.45, 2.75) is 11.8 Å². The number of nitrogens with zero attached hydrogens (tertiary/aromatic N) is 3. The van der Waals surface area contributed by atoms with Crippen LogP contribution < -0.4 is 0 Å². The lowest BCUT2D eigenvalue weighted by molar-refractivity contribution is 0.0602. The van der Waals surface area contributed by atoms with Gasteiger partial charge in [-0.15, -0.1) is 11.6 Å². The molecule has 1 unspecified atom stereocenters. The highest BCUT2D eigenvalue weighted by Crippen LogP contribution is 2.37. The van der Waals surface area contributed by atoms with E-state index in [4.69, 9.17) is 32.5 Å². The van der Waals surface area contributed by atoms with Crippen LogP contribution in [0, 0.1) is 5.82 Å². The monoisotopic (exact) mass is 433 g/mol. The molecule has 1 aromatic carbocycles. The second-order valence-electron chi connectivity index (χ2n) is 6.26. The Morgan fingerprint density at radius 3 is 2.97 bits per heavy atom. The van der Waals surface area contributed by atoms with Crippen molar-refractivity contribution in [2.75, 3.05) is 7.11 Å². The maximum atomic E-state index is 14.4. The number of halogens is 3. The zero-order valence-electron chi connectivity index (χ0n) is 15.1. The molecule has 1 atom stereocenters. The smallest absolute Gasteiger partial charge is 0.344 e. The van der Waals surface area contributed by atoms with Crippen molar-refractivity contribution in [3.05, 3.63) is 65.2 Å². The Morgan fingerprint density at radius 1 is 1.41 bits per heavy atom. The molecule has 1 aliphatic rings. The van der Waals surface area contributed by atoms with Gasteiger partial charge in [0.25, 0.3) is 0 Å². The van der Waals surface area contributed by atoms with Gasteiger partial charge in [-0.05, 0) is 18.2 Å². The second kappa shape index (κ2) is 7.85. The van der Waals surface area contributed by atoms with Gasteiger partial charge in [-0.25, -0.2) is 13.9 Å². The van der Waals surface area contributed by atoms with E-state index in [2.05, 4.69) is 10.3 Å². The van der Waals surface area contributed by atoms with E-state index >= 15 is 0 Å². The summed E-state index contributed by atoms with van der Waals surface area (Å²) in [5.74, 6) is -1.26. The minimum atomic E-state index is -0.732. The summed E-state index contributed by atoms with van der Waals surface area (Å²) in [4.78, 5) is 12.5. The first-order chi connectivity index (χ1) is 14.0. The molecule has 1 aliphatic carbocycles. The summed E-state index contributed by atoms with van der Waals surface area (Å²) in [6, 6.07) is 4.18. The summed E-state index contributed by atoms with van der Waals surface area (Å²) in [7, 11) is 1.22. The lowest BCUT2D eigenvalue weighted by Crippen LogP contribution is -2.06. The van der Waals surface area contributed by atoms with Crippen molar-refractivity contribution in [3.63, 3.8) is 0 Å². The van der Waals surface area contributed by atoms with Gasteiger partial charge in [0.2, 0.25) is 0 Å². The molecule has 0 saturated carbocycles. The minimum absolute atomic E-state index is 0.0354. The number of carbonyl (C=O) groups is 1. The van der Waals surface area contributed by atoms with Crippen molar-refractivity contribution in [3.8, 4) is 22.6 Å². The Balaban J connectivity index is 1.82. The van der Waals surface area contributed by atoms with Crippen LogP contribution in [0.3, 0.4) is 0 Å². The second-order valence-corrected chi connectivity index (χ2v) is 7.23. The molecule has 0 fully saturated rings. The number of benzene rings is 1. The standard InChI is InChI=1S/C20H14Cl2FN3O3/c1-28-20(27)17-18(16-14(22)6-3-7-15(16)23)25-29-19(17)11-9-24-26(10-11)13-5-2-4-12(21)8-13/h2-7,9-10,12H,8H2,1H3. The average molecular weight is 434 g/mol. The first-order valence-electron chi connectivity index (χ1n) is 8.58. The lowest BCUT2D eigenvalue weighted by atomic mass is 10.0. The molecule has 148 valence electrons. The molecule has 6 nitrogen and oxygen atoms in total. The van der Waals surface area contributed by atoms with E-state index in [1.807, 2.05) is 18.2 Å². The molecule has 0 N–H and O–H groups in total. The summed E-state index contributed by atoms with van der Waals surface area (Å²) in [5, 5.41) is 8.18. The van der Waals surface area contributed by atoms with E-state index in [0.717, 1.165) is 5.70 Å². The van der Waals surface area contributed by atoms with Crippen LogP contribution in [0.4, 0.5) is 4.39 Å². The third kappa shape index (κ3) is 3.59. The van der Waals surface area contributed by atoms with E-state index in [0.29, 0.717) is 12.0 Å². The van der Waals surface area contributed by atoms with Crippen LogP contribution in [-0.4, -0.2) is 33.4 Å². The molecular formula is C20H14Cl2FN3O3. The number of alkyl halides is 1. The Bertz CT molecular complexity index is 1130. The Labute approximate surface area is 175 Å². The Hall–Kier alpha value is -2.90. The SMILES string of the molecule is COC(=O)c1c(-c2c(F)cccc2Cl)noc1-c1cnn(C2=CC=CC(Cl)C2)c1. The summed E-state index contributed by atoms with van der Waals surface area (Å²) in [5.41, 5.74) is 1.23. The number of hydrogen-bond acceptors (Lipinski definition) is 5. The molecule has 0 aliphatic heterocycles. The molecule has 0 spiro atoms. The van der Waals surface area contributed by atoms with Crippen LogP contribution >= 0.6 is 23.2 Å². The summed E-state index contributed by atoms with van der Waals surface area (Å²) >= 11 is 12.3. The predicted octanol–water partition coefficient (Wildman–Crippen LogP) is 5.19. The van der Waals surface area contributed by atoms with Gasteiger partial charge in [-0.1, -0.05) is 35.0 Å². The highest BCUT2D eigenvalue weighted by Gasteiger charge is 2.29. The number of ether oxygens (including phenoxy) is 1. The molecule has 2 aromatic heterocycles. The van der Waals surface area contributed by atoms with Crippen LogP contribution in [0.2, 0.25) is 5.02 Å². The fourth-order valence-corrected chi connectivity index (χ4v) is 3.56. The van der Waals surface area contributed by atoms with Crippen molar-refractivity contribution in [1.82, 2.24) is 14.9 Å². The summed E-state index contributed by atoms with van der Waals surface area (Å²) in [6.45, 7) is 0. The molecule has 2 heterocycles. The fourth-order valence-electron chi connectivity index (χ4n) is 3.06. The number of rotatable bonds is 4. The Morgan fingerprint density at radius 2 is 2.24 bits per heavy atom. The van der Waals surface area contributed by atoms with Crippen LogP contribution in [0.25, 0.3) is 28.3 Å². The molecule has 0 amide bonds. The van der Waals surface area contributed by atoms with E-state index in [9.17, 15) is 9.18 Å². The summed E-state index contributed by atoms with van der Waals surface area (Å²) < 4.78 is 26.3. The van der Waals surface area contributed by atoms with Crippen LogP contribution in [0.1, 0.15) is 16.8 Å². The highest BCUT2D eigenvalue weighted by molar-refractivity contribution is 6.33. The quantitative estimate of drug-likeness (QED) is 0.418. The maximum absolute atomic E-state index is 14.4. The van der Waals surface area contributed by atoms with E-state index in [1.54, 1.807) is 10.9 Å². The molecular weight excluding hydrogens is 420 g/mol. The largest absolute Gasteiger partial charge is 0.465 e. The predicted molar refractivity (Wildman–Crippen MR) is 107 cm³/mol. The Kier molecular flexibility index (Phi) is 5.25. The van der Waals surface area contributed by atoms with Gasteiger partial charge in [0.05, 0.1) is 34.8 Å². The van der Waals surface area contributed by atoms with Gasteiger partial charge in [-0.3, -0.25) is 0 Å². The molecule has 9 heteroatoms. The van der Waals surface area contributed by atoms with Crippen LogP contribution in [0.5, 0.6) is 0 Å². The van der Waals surface area contributed by atoms with Gasteiger partial charge in [0.1, 0.15) is 17.1 Å². The van der Waals surface area contributed by atoms with Gasteiger partial charge in [-0.2, -0.15) is 5.10 Å². The third-order valence-corrected chi connectivity index (χ3v) is 5.05. The minimum Gasteiger partial charge on any atom is -0.465 e. The van der Waals surface area contributed by atoms with Gasteiger partial charge in [0, 0.05) is 18.3 Å². The number of methoxy groups -OCH3 is 1. The topological polar surface area (TPSA) is 70.2 Å². The molecule has 0 radical (unpaired) electrons. The average Bonchev–Trinajstić information content (AvgIpc) is 3.34.